The highest BCUT2D eigenvalue weighted by molar-refractivity contribution is 6.04. The van der Waals surface area contributed by atoms with E-state index in [2.05, 4.69) is 10.6 Å². The number of nitrogens with one attached hydrogen (secondary N) is 2. The smallest absolute Gasteiger partial charge is 0.253 e. The number of halogens is 1. The fourth-order valence-corrected chi connectivity index (χ4v) is 3.41. The van der Waals surface area contributed by atoms with Crippen molar-refractivity contribution in [1.29, 1.82) is 0 Å². The van der Waals surface area contributed by atoms with Gasteiger partial charge in [0.25, 0.3) is 5.91 Å². The van der Waals surface area contributed by atoms with Crippen molar-refractivity contribution in [2.24, 2.45) is 11.8 Å². The van der Waals surface area contributed by atoms with E-state index in [0.29, 0.717) is 11.6 Å². The molecule has 2 amide bonds. The normalized spacial score (nSPS) is 24.1. The van der Waals surface area contributed by atoms with E-state index < -0.39 is 5.82 Å². The number of carbonyl (C=O) groups is 2. The van der Waals surface area contributed by atoms with E-state index in [9.17, 15) is 14.0 Å². The minimum atomic E-state index is -0.473. The van der Waals surface area contributed by atoms with Gasteiger partial charge in [0.15, 0.2) is 0 Å². The van der Waals surface area contributed by atoms with Gasteiger partial charge in [-0.15, -0.1) is 0 Å². The predicted molar refractivity (Wildman–Crippen MR) is 91.3 cm³/mol. The van der Waals surface area contributed by atoms with Crippen molar-refractivity contribution in [1.82, 2.24) is 5.32 Å². The molecular formula is C19H25FN2O2. The first-order chi connectivity index (χ1) is 11.5. The molecule has 0 radical (unpaired) electrons. The van der Waals surface area contributed by atoms with E-state index in [1.165, 1.54) is 31.0 Å². The lowest BCUT2D eigenvalue weighted by Gasteiger charge is -2.18. The third kappa shape index (κ3) is 4.13. The van der Waals surface area contributed by atoms with Crippen LogP contribution in [-0.4, -0.2) is 17.9 Å². The predicted octanol–water partition coefficient (Wildman–Crippen LogP) is 3.87. The van der Waals surface area contributed by atoms with Gasteiger partial charge in [-0.25, -0.2) is 4.39 Å². The molecule has 2 N–H and O–H groups in total. The Hall–Kier alpha value is -1.91. The van der Waals surface area contributed by atoms with Gasteiger partial charge in [-0.3, -0.25) is 9.59 Å². The Morgan fingerprint density at radius 1 is 1.12 bits per heavy atom. The van der Waals surface area contributed by atoms with Gasteiger partial charge in [0.05, 0.1) is 11.3 Å². The van der Waals surface area contributed by atoms with Crippen molar-refractivity contribution in [2.45, 2.75) is 57.9 Å². The third-order valence-electron chi connectivity index (χ3n) is 5.12. The first kappa shape index (κ1) is 16.9. The van der Waals surface area contributed by atoms with Gasteiger partial charge in [-0.2, -0.15) is 0 Å². The topological polar surface area (TPSA) is 58.2 Å². The van der Waals surface area contributed by atoms with Crippen LogP contribution in [0.4, 0.5) is 10.1 Å². The van der Waals surface area contributed by atoms with Gasteiger partial charge in [-0.05, 0) is 43.4 Å². The molecule has 1 aromatic carbocycles. The SMILES string of the molecule is C[C@@H]1C[C@H]1C(=O)Nc1ccc(F)cc1C(=O)NC1CCCCCC1. The van der Waals surface area contributed by atoms with Crippen LogP contribution in [0.1, 0.15) is 62.2 Å². The monoisotopic (exact) mass is 332 g/mol. The van der Waals surface area contributed by atoms with Gasteiger partial charge in [0, 0.05) is 12.0 Å². The second-order valence-corrected chi connectivity index (χ2v) is 7.16. The largest absolute Gasteiger partial charge is 0.349 e. The van der Waals surface area contributed by atoms with E-state index in [0.717, 1.165) is 32.1 Å². The fraction of sp³-hybridized carbons (Fsp3) is 0.579. The third-order valence-corrected chi connectivity index (χ3v) is 5.12. The maximum Gasteiger partial charge on any atom is 0.253 e. The van der Waals surface area contributed by atoms with Gasteiger partial charge in [-0.1, -0.05) is 32.6 Å². The Labute approximate surface area is 142 Å². The highest BCUT2D eigenvalue weighted by atomic mass is 19.1. The Bertz CT molecular complexity index is 624. The van der Waals surface area contributed by atoms with Crippen LogP contribution in [0.25, 0.3) is 0 Å². The molecule has 0 aromatic heterocycles. The molecule has 130 valence electrons. The average Bonchev–Trinajstić information content (AvgIpc) is 3.32. The molecule has 2 atom stereocenters. The number of anilines is 1. The minimum absolute atomic E-state index is 0.00724. The molecule has 1 aromatic rings. The van der Waals surface area contributed by atoms with Crippen LogP contribution in [0.3, 0.4) is 0 Å². The van der Waals surface area contributed by atoms with Crippen molar-refractivity contribution in [3.8, 4) is 0 Å². The molecule has 4 nitrogen and oxygen atoms in total. The lowest BCUT2D eigenvalue weighted by atomic mass is 10.1. The minimum Gasteiger partial charge on any atom is -0.349 e. The van der Waals surface area contributed by atoms with Gasteiger partial charge in [0.1, 0.15) is 5.82 Å². The Morgan fingerprint density at radius 2 is 1.79 bits per heavy atom. The summed E-state index contributed by atoms with van der Waals surface area (Å²) in [4.78, 5) is 24.7. The maximum atomic E-state index is 13.6. The molecule has 2 aliphatic carbocycles. The first-order valence-corrected chi connectivity index (χ1v) is 8.96. The molecule has 2 aliphatic rings. The highest BCUT2D eigenvalue weighted by Gasteiger charge is 2.39. The zero-order valence-corrected chi connectivity index (χ0v) is 14.1. The number of hydrogen-bond donors (Lipinski definition) is 2. The van der Waals surface area contributed by atoms with Gasteiger partial charge >= 0.3 is 0 Å². The number of hydrogen-bond acceptors (Lipinski definition) is 2. The molecule has 0 heterocycles. The van der Waals surface area contributed by atoms with Crippen LogP contribution in [0, 0.1) is 17.7 Å². The fourth-order valence-electron chi connectivity index (χ4n) is 3.41. The van der Waals surface area contributed by atoms with E-state index >= 15 is 0 Å². The van der Waals surface area contributed by atoms with Crippen molar-refractivity contribution >= 4 is 17.5 Å². The summed E-state index contributed by atoms with van der Waals surface area (Å²) in [5.41, 5.74) is 0.604. The Morgan fingerprint density at radius 3 is 2.42 bits per heavy atom. The number of benzene rings is 1. The summed E-state index contributed by atoms with van der Waals surface area (Å²) >= 11 is 0. The summed E-state index contributed by atoms with van der Waals surface area (Å²) in [6.45, 7) is 2.02. The van der Waals surface area contributed by atoms with E-state index in [-0.39, 0.29) is 29.3 Å². The molecule has 2 fully saturated rings. The molecule has 0 aliphatic heterocycles. The number of carbonyl (C=O) groups excluding carboxylic acids is 2. The van der Waals surface area contributed by atoms with Gasteiger partial charge < -0.3 is 10.6 Å². The quantitative estimate of drug-likeness (QED) is 0.822. The lowest BCUT2D eigenvalue weighted by molar-refractivity contribution is -0.117. The molecule has 3 rings (SSSR count). The summed E-state index contributed by atoms with van der Waals surface area (Å²) in [7, 11) is 0. The van der Waals surface area contributed by atoms with Crippen LogP contribution in [-0.2, 0) is 4.79 Å². The molecule has 2 saturated carbocycles. The summed E-state index contributed by atoms with van der Waals surface area (Å²) in [5.74, 6) is -0.474. The molecule has 5 heteroatoms. The summed E-state index contributed by atoms with van der Waals surface area (Å²) < 4.78 is 13.6. The first-order valence-electron chi connectivity index (χ1n) is 8.96. The van der Waals surface area contributed by atoms with Crippen molar-refractivity contribution < 1.29 is 14.0 Å². The van der Waals surface area contributed by atoms with Crippen molar-refractivity contribution in [3.63, 3.8) is 0 Å². The maximum absolute atomic E-state index is 13.6. The Balaban J connectivity index is 1.71. The van der Waals surface area contributed by atoms with E-state index in [1.807, 2.05) is 6.92 Å². The standard InChI is InChI=1S/C19H25FN2O2/c1-12-10-15(12)18(23)22-17-9-8-13(20)11-16(17)19(24)21-14-6-4-2-3-5-7-14/h8-9,11-12,14-15H,2-7,10H2,1H3,(H,21,24)(H,22,23)/t12-,15-/m1/s1. The van der Waals surface area contributed by atoms with Crippen LogP contribution in [0.15, 0.2) is 18.2 Å². The summed E-state index contributed by atoms with van der Waals surface area (Å²) in [6.07, 6.45) is 7.41. The van der Waals surface area contributed by atoms with Crippen molar-refractivity contribution in [2.75, 3.05) is 5.32 Å². The van der Waals surface area contributed by atoms with Gasteiger partial charge in [0.2, 0.25) is 5.91 Å². The van der Waals surface area contributed by atoms with E-state index in [4.69, 9.17) is 0 Å². The number of amides is 2. The second kappa shape index (κ2) is 7.32. The molecule has 0 unspecified atom stereocenters. The highest BCUT2D eigenvalue weighted by Crippen LogP contribution is 2.38. The zero-order valence-electron chi connectivity index (χ0n) is 14.1. The van der Waals surface area contributed by atoms with Crippen LogP contribution in [0.5, 0.6) is 0 Å². The molecule has 0 bridgehead atoms. The zero-order chi connectivity index (χ0) is 17.1. The Kier molecular flexibility index (Phi) is 5.17. The van der Waals surface area contributed by atoms with Crippen LogP contribution < -0.4 is 10.6 Å². The summed E-state index contributed by atoms with van der Waals surface area (Å²) in [5, 5.41) is 5.81. The van der Waals surface area contributed by atoms with E-state index in [1.54, 1.807) is 0 Å². The average molecular weight is 332 g/mol. The second-order valence-electron chi connectivity index (χ2n) is 7.16. The molecule has 0 spiro atoms. The number of rotatable bonds is 4. The van der Waals surface area contributed by atoms with Crippen LogP contribution >= 0.6 is 0 Å². The summed E-state index contributed by atoms with van der Waals surface area (Å²) in [6, 6.07) is 4.09. The molecular weight excluding hydrogens is 307 g/mol. The molecule has 0 saturated heterocycles. The lowest BCUT2D eigenvalue weighted by Crippen LogP contribution is -2.35. The molecule has 24 heavy (non-hydrogen) atoms. The van der Waals surface area contributed by atoms with Crippen LogP contribution in [0.2, 0.25) is 0 Å². The van der Waals surface area contributed by atoms with Crippen molar-refractivity contribution in [3.05, 3.63) is 29.6 Å².